The number of amides is 1. The van der Waals surface area contributed by atoms with E-state index in [1.165, 1.54) is 14.0 Å². The van der Waals surface area contributed by atoms with Gasteiger partial charge in [-0.15, -0.1) is 0 Å². The third-order valence-electron chi connectivity index (χ3n) is 3.16. The van der Waals surface area contributed by atoms with E-state index >= 15 is 0 Å². The van der Waals surface area contributed by atoms with Crippen LogP contribution in [0.4, 0.5) is 22.4 Å². The molecule has 0 aromatic heterocycles. The van der Waals surface area contributed by atoms with Crippen LogP contribution in [0.3, 0.4) is 0 Å². The summed E-state index contributed by atoms with van der Waals surface area (Å²) in [6.45, 7) is 6.03. The number of esters is 1. The third kappa shape index (κ3) is 6.19. The molecule has 0 radical (unpaired) electrons. The molecule has 11 heteroatoms. The van der Waals surface area contributed by atoms with E-state index in [4.69, 9.17) is 4.74 Å². The number of carbonyl (C=O) groups is 3. The maximum atomic E-state index is 13.9. The zero-order chi connectivity index (χ0) is 22.5. The molecule has 0 aliphatic heterocycles. The smallest absolute Gasteiger partial charge is 0.428 e. The van der Waals surface area contributed by atoms with Crippen LogP contribution >= 0.6 is 0 Å². The number of ketones is 1. The fourth-order valence-electron chi connectivity index (χ4n) is 1.85. The van der Waals surface area contributed by atoms with E-state index in [0.717, 1.165) is 5.01 Å². The van der Waals surface area contributed by atoms with Crippen molar-refractivity contribution in [1.29, 1.82) is 0 Å². The highest BCUT2D eigenvalue weighted by Crippen LogP contribution is 2.21. The van der Waals surface area contributed by atoms with Gasteiger partial charge in [-0.2, -0.15) is 0 Å². The Balaban J connectivity index is 3.26. The van der Waals surface area contributed by atoms with Crippen LogP contribution in [0.25, 0.3) is 0 Å². The number of carbonyl (C=O) groups excluding carboxylic acids is 3. The number of halogens is 4. The molecule has 0 saturated carbocycles. The van der Waals surface area contributed by atoms with E-state index in [1.54, 1.807) is 20.8 Å². The van der Waals surface area contributed by atoms with Crippen LogP contribution in [0.2, 0.25) is 0 Å². The van der Waals surface area contributed by atoms with Gasteiger partial charge in [0.25, 0.3) is 0 Å². The van der Waals surface area contributed by atoms with Gasteiger partial charge in [-0.05, 0) is 33.8 Å². The molecule has 7 nitrogen and oxygen atoms in total. The van der Waals surface area contributed by atoms with Gasteiger partial charge in [0.05, 0.1) is 12.2 Å². The van der Waals surface area contributed by atoms with E-state index in [0.29, 0.717) is 6.20 Å². The number of benzene rings is 1. The van der Waals surface area contributed by atoms with Gasteiger partial charge >= 0.3 is 12.1 Å². The molecule has 0 saturated heterocycles. The van der Waals surface area contributed by atoms with Crippen molar-refractivity contribution in [3.63, 3.8) is 0 Å². The summed E-state index contributed by atoms with van der Waals surface area (Å²) in [5.74, 6) is -10.9. The normalized spacial score (nSPS) is 11.7. The van der Waals surface area contributed by atoms with Gasteiger partial charge in [0, 0.05) is 13.2 Å². The van der Waals surface area contributed by atoms with Crippen molar-refractivity contribution >= 4 is 17.8 Å². The fourth-order valence-corrected chi connectivity index (χ4v) is 1.85. The molecule has 1 N–H and O–H groups in total. The van der Waals surface area contributed by atoms with Gasteiger partial charge in [-0.1, -0.05) is 0 Å². The average Bonchev–Trinajstić information content (AvgIpc) is 2.61. The molecule has 0 bridgehead atoms. The van der Waals surface area contributed by atoms with Gasteiger partial charge in [-0.25, -0.2) is 32.2 Å². The van der Waals surface area contributed by atoms with Crippen molar-refractivity contribution in [3.05, 3.63) is 46.7 Å². The molecule has 29 heavy (non-hydrogen) atoms. The lowest BCUT2D eigenvalue weighted by molar-refractivity contribution is -0.138. The van der Waals surface area contributed by atoms with Crippen molar-refractivity contribution in [2.75, 3.05) is 13.7 Å². The zero-order valence-electron chi connectivity index (χ0n) is 16.4. The molecule has 1 rings (SSSR count). The minimum absolute atomic E-state index is 0.112. The first-order chi connectivity index (χ1) is 13.3. The molecule has 0 aliphatic rings. The predicted molar refractivity (Wildman–Crippen MR) is 92.5 cm³/mol. The zero-order valence-corrected chi connectivity index (χ0v) is 16.4. The minimum Gasteiger partial charge on any atom is -0.462 e. The van der Waals surface area contributed by atoms with E-state index < -0.39 is 57.9 Å². The largest absolute Gasteiger partial charge is 0.462 e. The van der Waals surface area contributed by atoms with Crippen LogP contribution in [0.5, 0.6) is 0 Å². The molecule has 0 aliphatic carbocycles. The summed E-state index contributed by atoms with van der Waals surface area (Å²) >= 11 is 0. The number of rotatable bonds is 6. The number of hydrogen-bond donors (Lipinski definition) is 1. The molecule has 0 heterocycles. The standard InChI is InChI=1S/C18H20F4N2O5/c1-6-28-16(26)10(8-23-24(5)17(27)29-18(2,3)4)15(25)9-7-11(19)13(21)14(22)12(9)20/h7-8,23H,6H2,1-5H3/b10-8-. The third-order valence-corrected chi connectivity index (χ3v) is 3.16. The molecule has 0 fully saturated rings. The molecule has 0 unspecified atom stereocenters. The lowest BCUT2D eigenvalue weighted by atomic mass is 10.0. The number of nitrogens with one attached hydrogen (secondary N) is 1. The second kappa shape index (κ2) is 9.39. The van der Waals surface area contributed by atoms with Gasteiger partial charge in [0.15, 0.2) is 23.3 Å². The van der Waals surface area contributed by atoms with Gasteiger partial charge in [0.1, 0.15) is 11.2 Å². The summed E-state index contributed by atoms with van der Waals surface area (Å²) in [6, 6.07) is 0.112. The monoisotopic (exact) mass is 420 g/mol. The lowest BCUT2D eigenvalue weighted by Crippen LogP contribution is -2.41. The maximum absolute atomic E-state index is 13.9. The van der Waals surface area contributed by atoms with Crippen LogP contribution < -0.4 is 5.43 Å². The number of ether oxygens (including phenoxy) is 2. The molecule has 0 spiro atoms. The molecular weight excluding hydrogens is 400 g/mol. The first-order valence-electron chi connectivity index (χ1n) is 8.28. The van der Waals surface area contributed by atoms with E-state index in [-0.39, 0.29) is 12.7 Å². The van der Waals surface area contributed by atoms with Crippen molar-refractivity contribution in [1.82, 2.24) is 10.4 Å². The minimum atomic E-state index is -2.21. The van der Waals surface area contributed by atoms with Gasteiger partial charge in [-0.3, -0.25) is 10.2 Å². The number of Topliss-reactive ketones (excluding diaryl/α,β-unsaturated/α-hetero) is 1. The quantitative estimate of drug-likeness (QED) is 0.0876. The Bertz CT molecular complexity index is 850. The Morgan fingerprint density at radius 2 is 1.69 bits per heavy atom. The number of hydrogen-bond acceptors (Lipinski definition) is 6. The summed E-state index contributed by atoms with van der Waals surface area (Å²) < 4.78 is 63.6. The van der Waals surface area contributed by atoms with Crippen LogP contribution in [-0.2, 0) is 14.3 Å². The highest BCUT2D eigenvalue weighted by Gasteiger charge is 2.29. The summed E-state index contributed by atoms with van der Waals surface area (Å²) in [4.78, 5) is 36.4. The summed E-state index contributed by atoms with van der Waals surface area (Å²) in [5.41, 5.74) is -0.729. The fraction of sp³-hybridized carbons (Fsp3) is 0.389. The molecule has 1 aromatic carbocycles. The Hall–Kier alpha value is -3.11. The van der Waals surface area contributed by atoms with Crippen LogP contribution in [0, 0.1) is 23.3 Å². The second-order valence-corrected chi connectivity index (χ2v) is 6.62. The van der Waals surface area contributed by atoms with Crippen LogP contribution in [0.15, 0.2) is 17.8 Å². The Morgan fingerprint density at radius 3 is 2.21 bits per heavy atom. The summed E-state index contributed by atoms with van der Waals surface area (Å²) in [6.07, 6.45) is -0.225. The first kappa shape index (κ1) is 23.9. The SMILES string of the molecule is CCOC(=O)/C(=C\NN(C)C(=O)OC(C)(C)C)C(=O)c1cc(F)c(F)c(F)c1F. The second-order valence-electron chi connectivity index (χ2n) is 6.62. The van der Waals surface area contributed by atoms with Gasteiger partial charge < -0.3 is 9.47 Å². The van der Waals surface area contributed by atoms with Crippen LogP contribution in [0.1, 0.15) is 38.1 Å². The predicted octanol–water partition coefficient (Wildman–Crippen LogP) is 3.24. The Labute approximate surface area is 164 Å². The van der Waals surface area contributed by atoms with Gasteiger partial charge in [0.2, 0.25) is 5.78 Å². The van der Waals surface area contributed by atoms with Crippen molar-refractivity contribution in [3.8, 4) is 0 Å². The van der Waals surface area contributed by atoms with E-state index in [9.17, 15) is 31.9 Å². The summed E-state index contributed by atoms with van der Waals surface area (Å²) in [5, 5.41) is 0.750. The van der Waals surface area contributed by atoms with Crippen LogP contribution in [-0.4, -0.2) is 42.1 Å². The highest BCUT2D eigenvalue weighted by molar-refractivity contribution is 6.24. The van der Waals surface area contributed by atoms with Crippen molar-refractivity contribution in [2.24, 2.45) is 0 Å². The molecule has 1 amide bonds. The Kier molecular flexibility index (Phi) is 7.75. The molecule has 1 aromatic rings. The maximum Gasteiger partial charge on any atom is 0.428 e. The van der Waals surface area contributed by atoms with E-state index in [2.05, 4.69) is 10.2 Å². The van der Waals surface area contributed by atoms with Crippen molar-refractivity contribution < 1.29 is 41.4 Å². The topological polar surface area (TPSA) is 84.9 Å². The van der Waals surface area contributed by atoms with Crippen molar-refractivity contribution in [2.45, 2.75) is 33.3 Å². The molecular formula is C18H20F4N2O5. The molecule has 0 atom stereocenters. The molecule has 160 valence electrons. The summed E-state index contributed by atoms with van der Waals surface area (Å²) in [7, 11) is 1.19. The van der Waals surface area contributed by atoms with E-state index in [1.807, 2.05) is 0 Å². The lowest BCUT2D eigenvalue weighted by Gasteiger charge is -2.24. The first-order valence-corrected chi connectivity index (χ1v) is 8.28. The number of nitrogens with zero attached hydrogens (tertiary/aromatic N) is 1. The average molecular weight is 420 g/mol. The highest BCUT2D eigenvalue weighted by atomic mass is 19.2. The number of hydrazine groups is 1. The Morgan fingerprint density at radius 1 is 1.10 bits per heavy atom.